The molecule has 1 saturated heterocycles. The number of aryl methyl sites for hydroxylation is 1. The number of hydrogen-bond donors (Lipinski definition) is 2. The maximum absolute atomic E-state index is 9.57. The molecule has 1 heterocycles. The maximum atomic E-state index is 9.57. The minimum absolute atomic E-state index is 0.371. The van der Waals surface area contributed by atoms with Gasteiger partial charge in [0.05, 0.1) is 0 Å². The first-order chi connectivity index (χ1) is 9.60. The Bertz CT molecular complexity index is 425. The molecule has 1 atom stereocenters. The van der Waals surface area contributed by atoms with Crippen LogP contribution < -0.4 is 5.32 Å². The number of likely N-dealkylation sites (tertiary alicyclic amines) is 1. The van der Waals surface area contributed by atoms with Gasteiger partial charge < -0.3 is 15.3 Å². The van der Waals surface area contributed by atoms with E-state index in [4.69, 9.17) is 0 Å². The monoisotopic (exact) mass is 276 g/mol. The molecule has 0 saturated carbocycles. The lowest BCUT2D eigenvalue weighted by Gasteiger charge is -2.35. The Morgan fingerprint density at radius 3 is 2.65 bits per heavy atom. The molecule has 0 aromatic heterocycles. The lowest BCUT2D eigenvalue weighted by Crippen LogP contribution is -2.39. The molecule has 1 aromatic rings. The Kier molecular flexibility index (Phi) is 5.30. The van der Waals surface area contributed by atoms with Crippen molar-refractivity contribution in [3.8, 4) is 5.75 Å². The van der Waals surface area contributed by atoms with Crippen LogP contribution in [0.5, 0.6) is 5.75 Å². The van der Waals surface area contributed by atoms with Crippen molar-refractivity contribution < 1.29 is 5.11 Å². The van der Waals surface area contributed by atoms with E-state index in [1.165, 1.54) is 38.9 Å². The van der Waals surface area contributed by atoms with E-state index in [2.05, 4.69) is 24.1 Å². The highest BCUT2D eigenvalue weighted by Crippen LogP contribution is 2.25. The summed E-state index contributed by atoms with van der Waals surface area (Å²) in [5, 5.41) is 13.2. The van der Waals surface area contributed by atoms with Crippen LogP contribution in [0.15, 0.2) is 18.2 Å². The highest BCUT2D eigenvalue weighted by molar-refractivity contribution is 5.50. The van der Waals surface area contributed by atoms with Crippen molar-refractivity contribution in [2.24, 2.45) is 5.92 Å². The first-order valence-corrected chi connectivity index (χ1v) is 7.88. The predicted octanol–water partition coefficient (Wildman–Crippen LogP) is 3.62. The van der Waals surface area contributed by atoms with Gasteiger partial charge >= 0.3 is 0 Å². The highest BCUT2D eigenvalue weighted by Gasteiger charge is 2.23. The molecule has 0 radical (unpaired) electrons. The first kappa shape index (κ1) is 15.2. The van der Waals surface area contributed by atoms with Crippen molar-refractivity contribution in [2.45, 2.75) is 46.1 Å². The summed E-state index contributed by atoms with van der Waals surface area (Å²) in [7, 11) is 0. The maximum Gasteiger partial charge on any atom is 0.118 e. The Morgan fingerprint density at radius 1 is 1.35 bits per heavy atom. The molecule has 112 valence electrons. The van der Waals surface area contributed by atoms with Gasteiger partial charge in [-0.3, -0.25) is 0 Å². The normalized spacial score (nSPS) is 18.9. The van der Waals surface area contributed by atoms with Crippen LogP contribution in [0, 0.1) is 12.8 Å². The van der Waals surface area contributed by atoms with Crippen molar-refractivity contribution in [1.82, 2.24) is 4.90 Å². The van der Waals surface area contributed by atoms with E-state index in [-0.39, 0.29) is 0 Å². The second kappa shape index (κ2) is 6.98. The average molecular weight is 276 g/mol. The van der Waals surface area contributed by atoms with E-state index in [1.807, 2.05) is 19.1 Å². The zero-order valence-electron chi connectivity index (χ0n) is 13.0. The SMILES string of the molecule is CCCN1CCC(C(C)Nc2ccc(O)c(C)c2)CC1. The van der Waals surface area contributed by atoms with E-state index in [9.17, 15) is 5.11 Å². The van der Waals surface area contributed by atoms with Gasteiger partial charge in [-0.15, -0.1) is 0 Å². The number of benzene rings is 1. The molecule has 1 aliphatic heterocycles. The van der Waals surface area contributed by atoms with Crippen LogP contribution in [0.3, 0.4) is 0 Å². The van der Waals surface area contributed by atoms with E-state index >= 15 is 0 Å². The van der Waals surface area contributed by atoms with Gasteiger partial charge in [0.2, 0.25) is 0 Å². The molecule has 3 heteroatoms. The van der Waals surface area contributed by atoms with Crippen LogP contribution in [0.4, 0.5) is 5.69 Å². The van der Waals surface area contributed by atoms with Gasteiger partial charge in [-0.1, -0.05) is 6.92 Å². The lowest BCUT2D eigenvalue weighted by molar-refractivity contribution is 0.176. The molecule has 1 aromatic carbocycles. The zero-order valence-corrected chi connectivity index (χ0v) is 13.0. The van der Waals surface area contributed by atoms with Crippen molar-refractivity contribution in [2.75, 3.05) is 25.0 Å². The second-order valence-electron chi connectivity index (χ2n) is 6.11. The smallest absolute Gasteiger partial charge is 0.118 e. The van der Waals surface area contributed by atoms with Gasteiger partial charge in [0.15, 0.2) is 0 Å². The van der Waals surface area contributed by atoms with Gasteiger partial charge in [0, 0.05) is 11.7 Å². The van der Waals surface area contributed by atoms with E-state index in [1.54, 1.807) is 6.07 Å². The number of nitrogens with zero attached hydrogens (tertiary/aromatic N) is 1. The number of aromatic hydroxyl groups is 1. The second-order valence-corrected chi connectivity index (χ2v) is 6.11. The van der Waals surface area contributed by atoms with Crippen molar-refractivity contribution in [1.29, 1.82) is 0 Å². The number of nitrogens with one attached hydrogen (secondary N) is 1. The molecule has 20 heavy (non-hydrogen) atoms. The molecule has 0 bridgehead atoms. The molecule has 1 aliphatic rings. The molecule has 0 amide bonds. The standard InChI is InChI=1S/C17H28N2O/c1-4-9-19-10-7-15(8-11-19)14(3)18-16-5-6-17(20)13(2)12-16/h5-6,12,14-15,18,20H,4,7-11H2,1-3H3. The highest BCUT2D eigenvalue weighted by atomic mass is 16.3. The zero-order chi connectivity index (χ0) is 14.5. The number of phenols is 1. The summed E-state index contributed by atoms with van der Waals surface area (Å²) in [6, 6.07) is 6.25. The number of piperidine rings is 1. The van der Waals surface area contributed by atoms with Crippen LogP contribution in [0.1, 0.15) is 38.7 Å². The molecular formula is C17H28N2O. The summed E-state index contributed by atoms with van der Waals surface area (Å²) in [4.78, 5) is 2.58. The average Bonchev–Trinajstić information content (AvgIpc) is 2.44. The van der Waals surface area contributed by atoms with Gasteiger partial charge in [0.1, 0.15) is 5.75 Å². The van der Waals surface area contributed by atoms with Crippen LogP contribution in [0.25, 0.3) is 0 Å². The summed E-state index contributed by atoms with van der Waals surface area (Å²) < 4.78 is 0. The quantitative estimate of drug-likeness (QED) is 0.806. The van der Waals surface area contributed by atoms with E-state index in [0.717, 1.165) is 17.2 Å². The molecule has 2 rings (SSSR count). The lowest BCUT2D eigenvalue weighted by atomic mass is 9.90. The number of anilines is 1. The molecule has 0 spiro atoms. The van der Waals surface area contributed by atoms with Gasteiger partial charge in [-0.05, 0) is 82.4 Å². The van der Waals surface area contributed by atoms with Crippen LogP contribution in [-0.2, 0) is 0 Å². The predicted molar refractivity (Wildman–Crippen MR) is 85.4 cm³/mol. The fraction of sp³-hybridized carbons (Fsp3) is 0.647. The summed E-state index contributed by atoms with van der Waals surface area (Å²) in [5.74, 6) is 1.12. The third-order valence-corrected chi connectivity index (χ3v) is 4.47. The van der Waals surface area contributed by atoms with Gasteiger partial charge in [-0.2, -0.15) is 0 Å². The molecule has 3 nitrogen and oxygen atoms in total. The van der Waals surface area contributed by atoms with Crippen molar-refractivity contribution in [3.05, 3.63) is 23.8 Å². The number of hydrogen-bond acceptors (Lipinski definition) is 3. The summed E-state index contributed by atoms with van der Waals surface area (Å²) in [5.41, 5.74) is 2.05. The molecule has 0 aliphatic carbocycles. The van der Waals surface area contributed by atoms with E-state index in [0.29, 0.717) is 11.8 Å². The van der Waals surface area contributed by atoms with Crippen LogP contribution in [-0.4, -0.2) is 35.7 Å². The number of phenolic OH excluding ortho intramolecular Hbond substituents is 1. The van der Waals surface area contributed by atoms with Crippen molar-refractivity contribution in [3.63, 3.8) is 0 Å². The summed E-state index contributed by atoms with van der Waals surface area (Å²) in [6.45, 7) is 10.2. The minimum Gasteiger partial charge on any atom is -0.508 e. The van der Waals surface area contributed by atoms with Gasteiger partial charge in [-0.25, -0.2) is 0 Å². The fourth-order valence-electron chi connectivity index (χ4n) is 3.12. The van der Waals surface area contributed by atoms with Crippen molar-refractivity contribution >= 4 is 5.69 Å². The van der Waals surface area contributed by atoms with Gasteiger partial charge in [0.25, 0.3) is 0 Å². The first-order valence-electron chi connectivity index (χ1n) is 7.88. The van der Waals surface area contributed by atoms with Crippen LogP contribution >= 0.6 is 0 Å². The third kappa shape index (κ3) is 3.89. The molecule has 2 N–H and O–H groups in total. The van der Waals surface area contributed by atoms with Crippen LogP contribution in [0.2, 0.25) is 0 Å². The minimum atomic E-state index is 0.371. The molecule has 1 fully saturated rings. The Balaban J connectivity index is 1.86. The Labute approximate surface area is 123 Å². The summed E-state index contributed by atoms with van der Waals surface area (Å²) >= 11 is 0. The Hall–Kier alpha value is -1.22. The fourth-order valence-corrected chi connectivity index (χ4v) is 3.12. The molecule has 1 unspecified atom stereocenters. The summed E-state index contributed by atoms with van der Waals surface area (Å²) in [6.07, 6.45) is 3.82. The topological polar surface area (TPSA) is 35.5 Å². The largest absolute Gasteiger partial charge is 0.508 e. The third-order valence-electron chi connectivity index (χ3n) is 4.47. The van der Waals surface area contributed by atoms with E-state index < -0.39 is 0 Å². The number of rotatable bonds is 5. The molecular weight excluding hydrogens is 248 g/mol. The Morgan fingerprint density at radius 2 is 2.05 bits per heavy atom.